The van der Waals surface area contributed by atoms with E-state index in [0.29, 0.717) is 12.2 Å². The van der Waals surface area contributed by atoms with Crippen LogP contribution in [0.1, 0.15) is 31.3 Å². The van der Waals surface area contributed by atoms with E-state index in [1.54, 1.807) is 23.9 Å². The minimum atomic E-state index is -4.63. The first-order valence-electron chi connectivity index (χ1n) is 8.46. The van der Waals surface area contributed by atoms with Gasteiger partial charge in [-0.15, -0.1) is 0 Å². The second kappa shape index (κ2) is 7.45. The van der Waals surface area contributed by atoms with E-state index in [2.05, 4.69) is 10.1 Å². The molecule has 0 amide bonds. The van der Waals surface area contributed by atoms with Gasteiger partial charge in [0, 0.05) is 18.8 Å². The van der Waals surface area contributed by atoms with Gasteiger partial charge < -0.3 is 19.7 Å². The molecule has 3 rings (SSSR count). The first-order valence-corrected chi connectivity index (χ1v) is 8.46. The van der Waals surface area contributed by atoms with Crippen LogP contribution in [0.5, 0.6) is 5.88 Å². The molecule has 1 aliphatic heterocycles. The molecule has 5 atom stereocenters. The number of nitrogens with zero attached hydrogens (tertiary/aromatic N) is 3. The van der Waals surface area contributed by atoms with E-state index in [1.807, 2.05) is 6.92 Å². The number of halogens is 3. The molecule has 0 spiro atoms. The van der Waals surface area contributed by atoms with Crippen LogP contribution in [0.4, 0.5) is 13.2 Å². The maximum Gasteiger partial charge on any atom is 0.433 e. The number of alkyl halides is 3. The second-order valence-corrected chi connectivity index (χ2v) is 6.28. The van der Waals surface area contributed by atoms with E-state index < -0.39 is 42.4 Å². The summed E-state index contributed by atoms with van der Waals surface area (Å²) in [4.78, 5) is 3.44. The molecule has 7 nitrogen and oxygen atoms in total. The molecule has 2 N–H and O–H groups in total. The molecule has 1 saturated heterocycles. The van der Waals surface area contributed by atoms with Gasteiger partial charge in [0.25, 0.3) is 0 Å². The molecule has 0 aromatic carbocycles. The van der Waals surface area contributed by atoms with Gasteiger partial charge in [0.2, 0.25) is 5.88 Å². The molecule has 148 valence electrons. The van der Waals surface area contributed by atoms with Crippen molar-refractivity contribution >= 4 is 0 Å². The fourth-order valence-electron chi connectivity index (χ4n) is 2.89. The predicted molar refractivity (Wildman–Crippen MR) is 86.9 cm³/mol. The highest BCUT2D eigenvalue weighted by Gasteiger charge is 2.46. The van der Waals surface area contributed by atoms with Crippen LogP contribution in [0, 0.1) is 0 Å². The van der Waals surface area contributed by atoms with Crippen molar-refractivity contribution in [3.8, 4) is 5.88 Å². The van der Waals surface area contributed by atoms with Gasteiger partial charge in [-0.05, 0) is 26.0 Å². The SMILES string of the molecule is CCn1ccc([C@H]2O[C@H](C)[C@H](O)[C@H](O)[C@H]2Oc2cccc(C(F)(F)F)n2)n1. The molecule has 1 fully saturated rings. The van der Waals surface area contributed by atoms with E-state index in [1.165, 1.54) is 6.07 Å². The first-order chi connectivity index (χ1) is 12.7. The normalized spacial score (nSPS) is 28.9. The highest BCUT2D eigenvalue weighted by Crippen LogP contribution is 2.35. The molecule has 27 heavy (non-hydrogen) atoms. The largest absolute Gasteiger partial charge is 0.468 e. The molecule has 0 aliphatic carbocycles. The Kier molecular flexibility index (Phi) is 5.41. The summed E-state index contributed by atoms with van der Waals surface area (Å²) in [5, 5.41) is 24.9. The molecule has 2 aromatic rings. The maximum absolute atomic E-state index is 12.9. The number of rotatable bonds is 4. The fraction of sp³-hybridized carbons (Fsp3) is 0.529. The molecular weight excluding hydrogens is 367 g/mol. The van der Waals surface area contributed by atoms with Gasteiger partial charge in [-0.3, -0.25) is 4.68 Å². The summed E-state index contributed by atoms with van der Waals surface area (Å²) in [5.74, 6) is -0.334. The monoisotopic (exact) mass is 387 g/mol. The minimum Gasteiger partial charge on any atom is -0.468 e. The van der Waals surface area contributed by atoms with E-state index in [9.17, 15) is 23.4 Å². The Bertz CT molecular complexity index is 783. The number of aliphatic hydroxyl groups excluding tert-OH is 2. The highest BCUT2D eigenvalue weighted by molar-refractivity contribution is 5.19. The number of aliphatic hydroxyl groups is 2. The maximum atomic E-state index is 12.9. The van der Waals surface area contributed by atoms with Crippen LogP contribution in [-0.4, -0.2) is 49.4 Å². The first kappa shape index (κ1) is 19.6. The predicted octanol–water partition coefficient (Wildman–Crippen LogP) is 1.95. The molecule has 1 aliphatic rings. The van der Waals surface area contributed by atoms with Crippen molar-refractivity contribution < 1.29 is 32.9 Å². The van der Waals surface area contributed by atoms with Gasteiger partial charge in [0.1, 0.15) is 24.0 Å². The highest BCUT2D eigenvalue weighted by atomic mass is 19.4. The average Bonchev–Trinajstić information content (AvgIpc) is 3.10. The lowest BCUT2D eigenvalue weighted by Crippen LogP contribution is -2.55. The quantitative estimate of drug-likeness (QED) is 0.834. The van der Waals surface area contributed by atoms with Crippen molar-refractivity contribution in [3.05, 3.63) is 41.9 Å². The molecule has 3 heterocycles. The lowest BCUT2D eigenvalue weighted by Gasteiger charge is -2.40. The van der Waals surface area contributed by atoms with E-state index in [0.717, 1.165) is 12.1 Å². The Morgan fingerprint density at radius 2 is 1.96 bits per heavy atom. The van der Waals surface area contributed by atoms with Crippen molar-refractivity contribution in [3.63, 3.8) is 0 Å². The standard InChI is InChI=1S/C17H20F3N3O4/c1-3-23-8-7-10(22-23)15-16(14(25)13(24)9(2)26-15)27-12-6-4-5-11(21-12)17(18,19)20/h4-9,13-16,24-25H,3H2,1-2H3/t9-,13+,14+,15-,16-/m1/s1. The molecule has 0 bridgehead atoms. The van der Waals surface area contributed by atoms with Crippen molar-refractivity contribution in [2.75, 3.05) is 0 Å². The van der Waals surface area contributed by atoms with Gasteiger partial charge in [-0.2, -0.15) is 18.3 Å². The smallest absolute Gasteiger partial charge is 0.433 e. The lowest BCUT2D eigenvalue weighted by molar-refractivity contribution is -0.214. The zero-order valence-electron chi connectivity index (χ0n) is 14.7. The third kappa shape index (κ3) is 4.07. The summed E-state index contributed by atoms with van der Waals surface area (Å²) in [6, 6.07) is 4.88. The summed E-state index contributed by atoms with van der Waals surface area (Å²) in [6.45, 7) is 4.07. The molecule has 0 radical (unpaired) electrons. The zero-order chi connectivity index (χ0) is 19.8. The van der Waals surface area contributed by atoms with Crippen molar-refractivity contribution in [1.29, 1.82) is 0 Å². The Morgan fingerprint density at radius 1 is 1.22 bits per heavy atom. The Balaban J connectivity index is 1.91. The van der Waals surface area contributed by atoms with E-state index >= 15 is 0 Å². The fourth-order valence-corrected chi connectivity index (χ4v) is 2.89. The third-order valence-electron chi connectivity index (χ3n) is 4.37. The van der Waals surface area contributed by atoms with Crippen LogP contribution in [-0.2, 0) is 17.5 Å². The van der Waals surface area contributed by atoms with Gasteiger partial charge in [-0.1, -0.05) is 6.07 Å². The van der Waals surface area contributed by atoms with Crippen LogP contribution < -0.4 is 4.74 Å². The van der Waals surface area contributed by atoms with Crippen molar-refractivity contribution in [2.45, 2.75) is 57.1 Å². The number of hydrogen-bond donors (Lipinski definition) is 2. The summed E-state index contributed by atoms with van der Waals surface area (Å²) in [7, 11) is 0. The number of ether oxygens (including phenoxy) is 2. The van der Waals surface area contributed by atoms with Crippen LogP contribution in [0.3, 0.4) is 0 Å². The topological polar surface area (TPSA) is 89.6 Å². The third-order valence-corrected chi connectivity index (χ3v) is 4.37. The number of aromatic nitrogens is 3. The van der Waals surface area contributed by atoms with Crippen molar-refractivity contribution in [2.24, 2.45) is 0 Å². The van der Waals surface area contributed by atoms with Crippen LogP contribution in [0.2, 0.25) is 0 Å². The number of pyridine rings is 1. The average molecular weight is 387 g/mol. The molecule has 2 aromatic heterocycles. The summed E-state index contributed by atoms with van der Waals surface area (Å²) < 4.78 is 51.5. The van der Waals surface area contributed by atoms with E-state index in [4.69, 9.17) is 9.47 Å². The van der Waals surface area contributed by atoms with E-state index in [-0.39, 0.29) is 5.88 Å². The molecule has 10 heteroatoms. The zero-order valence-corrected chi connectivity index (χ0v) is 14.7. The molecule has 0 unspecified atom stereocenters. The summed E-state index contributed by atoms with van der Waals surface area (Å²) in [6.07, 6.45) is -8.39. The van der Waals surface area contributed by atoms with Gasteiger partial charge in [-0.25, -0.2) is 4.98 Å². The lowest BCUT2D eigenvalue weighted by atomic mass is 9.94. The van der Waals surface area contributed by atoms with Crippen molar-refractivity contribution in [1.82, 2.24) is 14.8 Å². The molecular formula is C17H20F3N3O4. The number of aryl methyl sites for hydroxylation is 1. The van der Waals surface area contributed by atoms with Gasteiger partial charge >= 0.3 is 6.18 Å². The van der Waals surface area contributed by atoms with Crippen LogP contribution in [0.15, 0.2) is 30.5 Å². The Labute approximate surface area is 153 Å². The summed E-state index contributed by atoms with van der Waals surface area (Å²) in [5.41, 5.74) is -0.682. The van der Waals surface area contributed by atoms with Gasteiger partial charge in [0.15, 0.2) is 6.10 Å². The summed E-state index contributed by atoms with van der Waals surface area (Å²) >= 11 is 0. The Hall–Kier alpha value is -2.17. The second-order valence-electron chi connectivity index (χ2n) is 6.28. The van der Waals surface area contributed by atoms with Crippen LogP contribution >= 0.6 is 0 Å². The van der Waals surface area contributed by atoms with Crippen LogP contribution in [0.25, 0.3) is 0 Å². The van der Waals surface area contributed by atoms with Gasteiger partial charge in [0.05, 0.1) is 11.8 Å². The Morgan fingerprint density at radius 3 is 2.59 bits per heavy atom. The molecule has 0 saturated carbocycles. The minimum absolute atomic E-state index is 0.334. The number of hydrogen-bond acceptors (Lipinski definition) is 6.